The van der Waals surface area contributed by atoms with Crippen LogP contribution in [0, 0.1) is 0 Å². The first kappa shape index (κ1) is 14.6. The standard InChI is InChI=1S/C18H19NO3/c1-21-17-10-15(12-20)9-16-11-19(13-22-18(16)17)8-7-14-5-3-2-4-6-14/h2-6,9-10,12H,7-8,11,13H2,1H3. The average Bonchev–Trinajstić information content (AvgIpc) is 2.59. The first-order valence-electron chi connectivity index (χ1n) is 7.35. The second kappa shape index (κ2) is 6.62. The van der Waals surface area contributed by atoms with Gasteiger partial charge in [-0.15, -0.1) is 0 Å². The number of carbonyl (C=O) groups excluding carboxylic acids is 1. The van der Waals surface area contributed by atoms with E-state index in [1.807, 2.05) is 12.1 Å². The van der Waals surface area contributed by atoms with E-state index in [1.54, 1.807) is 13.2 Å². The molecule has 0 saturated carbocycles. The van der Waals surface area contributed by atoms with E-state index in [4.69, 9.17) is 9.47 Å². The molecule has 0 atom stereocenters. The van der Waals surface area contributed by atoms with Crippen LogP contribution < -0.4 is 9.47 Å². The first-order chi connectivity index (χ1) is 10.8. The van der Waals surface area contributed by atoms with Gasteiger partial charge in [0, 0.05) is 24.2 Å². The van der Waals surface area contributed by atoms with Crippen LogP contribution in [0.25, 0.3) is 0 Å². The normalized spacial score (nSPS) is 14.0. The van der Waals surface area contributed by atoms with Gasteiger partial charge in [-0.3, -0.25) is 9.69 Å². The van der Waals surface area contributed by atoms with Gasteiger partial charge in [0.05, 0.1) is 7.11 Å². The minimum atomic E-state index is 0.538. The Morgan fingerprint density at radius 3 is 2.82 bits per heavy atom. The number of aldehydes is 1. The van der Waals surface area contributed by atoms with Crippen LogP contribution in [-0.2, 0) is 13.0 Å². The SMILES string of the molecule is COc1cc(C=O)cc2c1OCN(CCc1ccccc1)C2. The highest BCUT2D eigenvalue weighted by Crippen LogP contribution is 2.35. The highest BCUT2D eigenvalue weighted by Gasteiger charge is 2.21. The second-order valence-corrected chi connectivity index (χ2v) is 5.39. The molecule has 114 valence electrons. The van der Waals surface area contributed by atoms with Crippen molar-refractivity contribution in [2.75, 3.05) is 20.4 Å². The topological polar surface area (TPSA) is 38.8 Å². The first-order valence-corrected chi connectivity index (χ1v) is 7.35. The molecule has 0 N–H and O–H groups in total. The van der Waals surface area contributed by atoms with Crippen molar-refractivity contribution in [2.45, 2.75) is 13.0 Å². The summed E-state index contributed by atoms with van der Waals surface area (Å²) < 4.78 is 11.1. The van der Waals surface area contributed by atoms with Crippen molar-refractivity contribution in [3.8, 4) is 11.5 Å². The van der Waals surface area contributed by atoms with Crippen molar-refractivity contribution in [3.63, 3.8) is 0 Å². The summed E-state index contributed by atoms with van der Waals surface area (Å²) in [6, 6.07) is 14.0. The van der Waals surface area contributed by atoms with Crippen LogP contribution in [0.4, 0.5) is 0 Å². The number of hydrogen-bond donors (Lipinski definition) is 0. The smallest absolute Gasteiger partial charge is 0.167 e. The third kappa shape index (κ3) is 3.12. The highest BCUT2D eigenvalue weighted by molar-refractivity contribution is 5.77. The summed E-state index contributed by atoms with van der Waals surface area (Å²) in [5.41, 5.74) is 2.93. The number of fused-ring (bicyclic) bond motifs is 1. The zero-order valence-electron chi connectivity index (χ0n) is 12.6. The maximum Gasteiger partial charge on any atom is 0.167 e. The lowest BCUT2D eigenvalue weighted by Gasteiger charge is -2.30. The molecule has 0 unspecified atom stereocenters. The van der Waals surface area contributed by atoms with Gasteiger partial charge in [0.15, 0.2) is 11.5 Å². The van der Waals surface area contributed by atoms with E-state index in [9.17, 15) is 4.79 Å². The Balaban J connectivity index is 1.71. The second-order valence-electron chi connectivity index (χ2n) is 5.39. The lowest BCUT2D eigenvalue weighted by Crippen LogP contribution is -2.33. The molecule has 0 aliphatic carbocycles. The number of carbonyl (C=O) groups is 1. The number of rotatable bonds is 5. The van der Waals surface area contributed by atoms with Crippen LogP contribution in [0.5, 0.6) is 11.5 Å². The summed E-state index contributed by atoms with van der Waals surface area (Å²) in [4.78, 5) is 13.3. The van der Waals surface area contributed by atoms with Crippen molar-refractivity contribution in [2.24, 2.45) is 0 Å². The predicted molar refractivity (Wildman–Crippen MR) is 84.4 cm³/mol. The van der Waals surface area contributed by atoms with E-state index in [1.165, 1.54) is 5.56 Å². The average molecular weight is 297 g/mol. The maximum absolute atomic E-state index is 11.0. The summed E-state index contributed by atoms with van der Waals surface area (Å²) in [6.07, 6.45) is 1.82. The molecule has 1 aliphatic heterocycles. The Hall–Kier alpha value is -2.33. The fourth-order valence-electron chi connectivity index (χ4n) is 2.70. The van der Waals surface area contributed by atoms with Crippen molar-refractivity contribution in [1.29, 1.82) is 0 Å². The highest BCUT2D eigenvalue weighted by atomic mass is 16.5. The van der Waals surface area contributed by atoms with Crippen molar-refractivity contribution in [3.05, 3.63) is 59.2 Å². The third-order valence-electron chi connectivity index (χ3n) is 3.86. The Morgan fingerprint density at radius 2 is 2.09 bits per heavy atom. The summed E-state index contributed by atoms with van der Waals surface area (Å²) >= 11 is 0. The summed E-state index contributed by atoms with van der Waals surface area (Å²) in [7, 11) is 1.59. The van der Waals surface area contributed by atoms with E-state index < -0.39 is 0 Å². The molecule has 0 fully saturated rings. The number of benzene rings is 2. The minimum absolute atomic E-state index is 0.538. The monoisotopic (exact) mass is 297 g/mol. The zero-order valence-corrected chi connectivity index (χ0v) is 12.6. The molecule has 2 aromatic rings. The van der Waals surface area contributed by atoms with Gasteiger partial charge in [-0.05, 0) is 24.1 Å². The van der Waals surface area contributed by atoms with E-state index in [0.717, 1.165) is 37.1 Å². The predicted octanol–water partition coefficient (Wildman–Crippen LogP) is 2.90. The molecule has 1 aliphatic rings. The van der Waals surface area contributed by atoms with Gasteiger partial charge in [0.2, 0.25) is 0 Å². The molecule has 0 amide bonds. The van der Waals surface area contributed by atoms with Crippen molar-refractivity contribution >= 4 is 6.29 Å². The van der Waals surface area contributed by atoms with Gasteiger partial charge >= 0.3 is 0 Å². The Labute approximate surface area is 130 Å². The maximum atomic E-state index is 11.0. The third-order valence-corrected chi connectivity index (χ3v) is 3.86. The Kier molecular flexibility index (Phi) is 4.39. The number of ether oxygens (including phenoxy) is 2. The van der Waals surface area contributed by atoms with E-state index in [-0.39, 0.29) is 0 Å². The van der Waals surface area contributed by atoms with Crippen LogP contribution in [-0.4, -0.2) is 31.6 Å². The van der Waals surface area contributed by atoms with Gasteiger partial charge < -0.3 is 9.47 Å². The molecule has 0 spiro atoms. The molecule has 0 bridgehead atoms. The van der Waals surface area contributed by atoms with Gasteiger partial charge in [0.25, 0.3) is 0 Å². The van der Waals surface area contributed by atoms with Crippen molar-refractivity contribution in [1.82, 2.24) is 4.90 Å². The number of hydrogen-bond acceptors (Lipinski definition) is 4. The van der Waals surface area contributed by atoms with Crippen LogP contribution in [0.1, 0.15) is 21.5 Å². The van der Waals surface area contributed by atoms with Gasteiger partial charge in [-0.25, -0.2) is 0 Å². The summed E-state index contributed by atoms with van der Waals surface area (Å²) in [5.74, 6) is 1.38. The molecule has 0 saturated heterocycles. The summed E-state index contributed by atoms with van der Waals surface area (Å²) in [5, 5.41) is 0. The van der Waals surface area contributed by atoms with Gasteiger partial charge in [-0.2, -0.15) is 0 Å². The fourth-order valence-corrected chi connectivity index (χ4v) is 2.70. The molecular weight excluding hydrogens is 278 g/mol. The molecular formula is C18H19NO3. The zero-order chi connectivity index (χ0) is 15.4. The molecule has 2 aromatic carbocycles. The molecule has 1 heterocycles. The van der Waals surface area contributed by atoms with Crippen LogP contribution in [0.2, 0.25) is 0 Å². The minimum Gasteiger partial charge on any atom is -0.493 e. The lowest BCUT2D eigenvalue weighted by molar-refractivity contribution is 0.0928. The molecule has 4 heteroatoms. The number of nitrogens with zero attached hydrogens (tertiary/aromatic N) is 1. The van der Waals surface area contributed by atoms with E-state index in [0.29, 0.717) is 18.0 Å². The molecule has 22 heavy (non-hydrogen) atoms. The summed E-state index contributed by atoms with van der Waals surface area (Å²) in [6.45, 7) is 2.22. The van der Waals surface area contributed by atoms with Crippen LogP contribution in [0.3, 0.4) is 0 Å². The fraction of sp³-hybridized carbons (Fsp3) is 0.278. The molecule has 4 nitrogen and oxygen atoms in total. The molecule has 0 radical (unpaired) electrons. The molecule has 3 rings (SSSR count). The largest absolute Gasteiger partial charge is 0.493 e. The van der Waals surface area contributed by atoms with Crippen LogP contribution >= 0.6 is 0 Å². The van der Waals surface area contributed by atoms with Crippen LogP contribution in [0.15, 0.2) is 42.5 Å². The Morgan fingerprint density at radius 1 is 1.27 bits per heavy atom. The number of methoxy groups -OCH3 is 1. The van der Waals surface area contributed by atoms with E-state index in [2.05, 4.69) is 29.2 Å². The van der Waals surface area contributed by atoms with Gasteiger partial charge in [-0.1, -0.05) is 30.3 Å². The molecule has 0 aromatic heterocycles. The van der Waals surface area contributed by atoms with Crippen molar-refractivity contribution < 1.29 is 14.3 Å². The van der Waals surface area contributed by atoms with Gasteiger partial charge in [0.1, 0.15) is 13.0 Å². The quantitative estimate of drug-likeness (QED) is 0.796. The Bertz CT molecular complexity index is 655. The van der Waals surface area contributed by atoms with E-state index >= 15 is 0 Å². The lowest BCUT2D eigenvalue weighted by atomic mass is 10.1.